The Hall–Kier alpha value is -2.22. The molecule has 2 aliphatic heterocycles. The van der Waals surface area contributed by atoms with Gasteiger partial charge in [0.25, 0.3) is 5.91 Å². The number of quaternary nitrogens is 1. The molecule has 1 saturated heterocycles. The molecule has 0 bridgehead atoms. The summed E-state index contributed by atoms with van der Waals surface area (Å²) < 4.78 is 27.4. The molecule has 160 valence electrons. The van der Waals surface area contributed by atoms with Gasteiger partial charge in [-0.25, -0.2) is 8.42 Å². The van der Waals surface area contributed by atoms with Gasteiger partial charge in [-0.05, 0) is 50.5 Å². The molecule has 1 amide bonds. The lowest BCUT2D eigenvalue weighted by molar-refractivity contribution is -0.917. The predicted octanol–water partition coefficient (Wildman–Crippen LogP) is 1.25. The SMILES string of the molecule is Cc1ccc(S(=O)(=O)N2CC[NH+]([C@@H](C)C(=O)N3CCCc4ccccc43)CC2)cc1. The summed E-state index contributed by atoms with van der Waals surface area (Å²) in [5.74, 6) is 0.131. The number of para-hydroxylation sites is 1. The number of piperazine rings is 1. The molecule has 0 aromatic heterocycles. The summed E-state index contributed by atoms with van der Waals surface area (Å²) >= 11 is 0. The number of anilines is 1. The number of carbonyl (C=O) groups is 1. The maximum atomic E-state index is 13.3. The molecule has 1 fully saturated rings. The first-order chi connectivity index (χ1) is 14.4. The quantitative estimate of drug-likeness (QED) is 0.797. The molecular weight excluding hydrogens is 398 g/mol. The third-order valence-electron chi connectivity index (χ3n) is 6.38. The first-order valence-electron chi connectivity index (χ1n) is 10.7. The second-order valence-electron chi connectivity index (χ2n) is 8.32. The minimum Gasteiger partial charge on any atom is -0.323 e. The van der Waals surface area contributed by atoms with Gasteiger partial charge in [-0.1, -0.05) is 35.9 Å². The average Bonchev–Trinajstić information content (AvgIpc) is 2.78. The lowest BCUT2D eigenvalue weighted by Gasteiger charge is -2.37. The van der Waals surface area contributed by atoms with Crippen molar-refractivity contribution >= 4 is 21.6 Å². The number of rotatable bonds is 4. The minimum absolute atomic E-state index is 0.131. The molecular formula is C23H30N3O3S+. The predicted molar refractivity (Wildman–Crippen MR) is 117 cm³/mol. The highest BCUT2D eigenvalue weighted by Gasteiger charge is 2.37. The number of sulfonamides is 1. The summed E-state index contributed by atoms with van der Waals surface area (Å²) in [5, 5.41) is 0. The first-order valence-corrected chi connectivity index (χ1v) is 12.1. The Labute approximate surface area is 179 Å². The number of aryl methyl sites for hydroxylation is 2. The number of nitrogens with one attached hydrogen (secondary N) is 1. The smallest absolute Gasteiger partial charge is 0.284 e. The van der Waals surface area contributed by atoms with E-state index in [0.29, 0.717) is 31.1 Å². The maximum Gasteiger partial charge on any atom is 0.284 e. The van der Waals surface area contributed by atoms with E-state index >= 15 is 0 Å². The van der Waals surface area contributed by atoms with Crippen molar-refractivity contribution < 1.29 is 18.1 Å². The molecule has 0 radical (unpaired) electrons. The Kier molecular flexibility index (Phi) is 5.95. The van der Waals surface area contributed by atoms with Crippen molar-refractivity contribution in [2.24, 2.45) is 0 Å². The minimum atomic E-state index is -3.48. The number of benzene rings is 2. The van der Waals surface area contributed by atoms with E-state index in [0.717, 1.165) is 35.5 Å². The molecule has 0 spiro atoms. The van der Waals surface area contributed by atoms with E-state index in [-0.39, 0.29) is 11.9 Å². The normalized spacial score (nSPS) is 19.3. The average molecular weight is 429 g/mol. The van der Waals surface area contributed by atoms with Crippen LogP contribution in [0.25, 0.3) is 0 Å². The zero-order valence-electron chi connectivity index (χ0n) is 17.7. The van der Waals surface area contributed by atoms with Crippen LogP contribution in [-0.2, 0) is 21.2 Å². The number of nitrogens with zero attached hydrogens (tertiary/aromatic N) is 2. The van der Waals surface area contributed by atoms with Crippen LogP contribution in [0.2, 0.25) is 0 Å². The van der Waals surface area contributed by atoms with Crippen LogP contribution in [0.3, 0.4) is 0 Å². The van der Waals surface area contributed by atoms with Crippen molar-refractivity contribution in [2.75, 3.05) is 37.6 Å². The molecule has 2 heterocycles. The van der Waals surface area contributed by atoms with Crippen molar-refractivity contribution in [1.29, 1.82) is 0 Å². The lowest BCUT2D eigenvalue weighted by atomic mass is 10.0. The van der Waals surface area contributed by atoms with E-state index in [1.165, 1.54) is 5.56 Å². The van der Waals surface area contributed by atoms with Gasteiger partial charge >= 0.3 is 0 Å². The van der Waals surface area contributed by atoms with Crippen LogP contribution in [-0.4, -0.2) is 57.4 Å². The van der Waals surface area contributed by atoms with Gasteiger partial charge in [0, 0.05) is 12.2 Å². The number of carbonyl (C=O) groups excluding carboxylic acids is 1. The topological polar surface area (TPSA) is 62.1 Å². The van der Waals surface area contributed by atoms with Crippen LogP contribution in [0.4, 0.5) is 5.69 Å². The van der Waals surface area contributed by atoms with Crippen molar-refractivity contribution in [1.82, 2.24) is 4.31 Å². The van der Waals surface area contributed by atoms with Gasteiger partial charge in [-0.3, -0.25) is 4.79 Å². The summed E-state index contributed by atoms with van der Waals surface area (Å²) in [6, 6.07) is 14.9. The van der Waals surface area contributed by atoms with Crippen molar-refractivity contribution in [3.8, 4) is 0 Å². The van der Waals surface area contributed by atoms with Crippen LogP contribution < -0.4 is 9.80 Å². The van der Waals surface area contributed by atoms with Gasteiger partial charge in [0.1, 0.15) is 0 Å². The Balaban J connectivity index is 1.42. The van der Waals surface area contributed by atoms with Crippen molar-refractivity contribution in [3.63, 3.8) is 0 Å². The largest absolute Gasteiger partial charge is 0.323 e. The summed E-state index contributed by atoms with van der Waals surface area (Å²) in [6.07, 6.45) is 1.99. The number of hydrogen-bond acceptors (Lipinski definition) is 3. The highest BCUT2D eigenvalue weighted by atomic mass is 32.2. The van der Waals surface area contributed by atoms with Gasteiger partial charge in [0.05, 0.1) is 31.1 Å². The van der Waals surface area contributed by atoms with Gasteiger partial charge in [-0.15, -0.1) is 0 Å². The summed E-state index contributed by atoms with van der Waals surface area (Å²) in [5.41, 5.74) is 3.30. The van der Waals surface area contributed by atoms with Crippen LogP contribution in [0.5, 0.6) is 0 Å². The molecule has 2 aromatic rings. The van der Waals surface area contributed by atoms with E-state index < -0.39 is 10.0 Å². The first kappa shape index (κ1) is 21.0. The molecule has 0 saturated carbocycles. The molecule has 2 aliphatic rings. The Morgan fingerprint density at radius 2 is 1.67 bits per heavy atom. The lowest BCUT2D eigenvalue weighted by Crippen LogP contribution is -3.19. The third kappa shape index (κ3) is 4.02. The molecule has 6 nitrogen and oxygen atoms in total. The standard InChI is InChI=1S/C23H29N3O3S/c1-18-9-11-21(12-10-18)30(28,29)25-16-14-24(15-17-25)19(2)23(27)26-13-5-7-20-6-3-4-8-22(20)26/h3-4,6,8-12,19H,5,7,13-17H2,1-2H3/p+1/t19-/m0/s1. The fraction of sp³-hybridized carbons (Fsp3) is 0.435. The molecule has 4 rings (SSSR count). The number of hydrogen-bond donors (Lipinski definition) is 1. The van der Waals surface area contributed by atoms with Crippen LogP contribution in [0.15, 0.2) is 53.4 Å². The monoisotopic (exact) mass is 428 g/mol. The van der Waals surface area contributed by atoms with Crippen LogP contribution in [0.1, 0.15) is 24.5 Å². The zero-order valence-corrected chi connectivity index (χ0v) is 18.5. The van der Waals surface area contributed by atoms with E-state index in [9.17, 15) is 13.2 Å². The molecule has 7 heteroatoms. The van der Waals surface area contributed by atoms with Crippen LogP contribution >= 0.6 is 0 Å². The van der Waals surface area contributed by atoms with E-state index in [4.69, 9.17) is 0 Å². The molecule has 1 N–H and O–H groups in total. The van der Waals surface area contributed by atoms with Gasteiger partial charge in [0.15, 0.2) is 6.04 Å². The fourth-order valence-electron chi connectivity index (χ4n) is 4.48. The summed E-state index contributed by atoms with van der Waals surface area (Å²) in [7, 11) is -3.48. The van der Waals surface area contributed by atoms with Gasteiger partial charge in [-0.2, -0.15) is 4.31 Å². The molecule has 2 aromatic carbocycles. The Morgan fingerprint density at radius 3 is 2.37 bits per heavy atom. The number of fused-ring (bicyclic) bond motifs is 1. The van der Waals surface area contributed by atoms with E-state index in [1.54, 1.807) is 16.4 Å². The van der Waals surface area contributed by atoms with Crippen LogP contribution in [0, 0.1) is 6.92 Å². The van der Waals surface area contributed by atoms with Gasteiger partial charge < -0.3 is 9.80 Å². The third-order valence-corrected chi connectivity index (χ3v) is 8.30. The second kappa shape index (κ2) is 8.49. The zero-order chi connectivity index (χ0) is 21.3. The maximum absolute atomic E-state index is 13.3. The molecule has 30 heavy (non-hydrogen) atoms. The fourth-order valence-corrected chi connectivity index (χ4v) is 5.92. The number of amides is 1. The van der Waals surface area contributed by atoms with Gasteiger partial charge in [0.2, 0.25) is 10.0 Å². The van der Waals surface area contributed by atoms with E-state index in [1.807, 2.05) is 49.1 Å². The summed E-state index contributed by atoms with van der Waals surface area (Å²) in [6.45, 7) is 6.79. The molecule has 0 unspecified atom stereocenters. The molecule has 0 aliphatic carbocycles. The van der Waals surface area contributed by atoms with E-state index in [2.05, 4.69) is 6.07 Å². The Morgan fingerprint density at radius 1 is 1.00 bits per heavy atom. The highest BCUT2D eigenvalue weighted by Crippen LogP contribution is 2.27. The summed E-state index contributed by atoms with van der Waals surface area (Å²) in [4.78, 5) is 16.7. The van der Waals surface area contributed by atoms with Crippen molar-refractivity contribution in [2.45, 2.75) is 37.6 Å². The Bertz CT molecular complexity index is 1010. The van der Waals surface area contributed by atoms with Crippen molar-refractivity contribution in [3.05, 3.63) is 59.7 Å². The molecule has 1 atom stereocenters. The highest BCUT2D eigenvalue weighted by molar-refractivity contribution is 7.89. The second-order valence-corrected chi connectivity index (χ2v) is 10.3.